The Morgan fingerprint density at radius 1 is 1.16 bits per heavy atom. The van der Waals surface area contributed by atoms with E-state index < -0.39 is 57.1 Å². The van der Waals surface area contributed by atoms with Gasteiger partial charge < -0.3 is 15.6 Å². The van der Waals surface area contributed by atoms with Crippen molar-refractivity contribution in [1.29, 1.82) is 0 Å². The highest BCUT2D eigenvalue weighted by Crippen LogP contribution is 2.31. The molecule has 0 atom stereocenters. The molecule has 1 amide bonds. The number of piperazine rings is 1. The lowest BCUT2D eigenvalue weighted by atomic mass is 10.1. The first kappa shape index (κ1) is 34.6. The van der Waals surface area contributed by atoms with Crippen LogP contribution in [0.1, 0.15) is 36.6 Å². The summed E-state index contributed by atoms with van der Waals surface area (Å²) in [5.74, 6) is -0.390. The minimum Gasteiger partial charge on any atom is -0.340 e. The molecule has 10 nitrogen and oxygen atoms in total. The van der Waals surface area contributed by atoms with Crippen molar-refractivity contribution < 1.29 is 26.4 Å². The normalized spacial score (nSPS) is 15.1. The van der Waals surface area contributed by atoms with Crippen LogP contribution in [-0.2, 0) is 21.2 Å². The highest BCUT2D eigenvalue weighted by molar-refractivity contribution is 7.91. The van der Waals surface area contributed by atoms with Crippen LogP contribution in [0.5, 0.6) is 0 Å². The maximum atomic E-state index is 14.2. The van der Waals surface area contributed by atoms with E-state index in [0.717, 1.165) is 0 Å². The topological polar surface area (TPSA) is 139 Å². The van der Waals surface area contributed by atoms with E-state index in [9.17, 15) is 36.0 Å². The number of aromatic amines is 1. The van der Waals surface area contributed by atoms with Crippen LogP contribution in [0.15, 0.2) is 44.8 Å². The van der Waals surface area contributed by atoms with Gasteiger partial charge in [0, 0.05) is 56.3 Å². The number of nitrogens with zero attached hydrogens (tertiary/aromatic N) is 3. The van der Waals surface area contributed by atoms with Crippen LogP contribution in [-0.4, -0.2) is 84.9 Å². The number of alkyl halides is 3. The van der Waals surface area contributed by atoms with E-state index in [4.69, 9.17) is 28.9 Å². The molecule has 0 bridgehead atoms. The van der Waals surface area contributed by atoms with Crippen molar-refractivity contribution in [2.45, 2.75) is 37.4 Å². The Morgan fingerprint density at radius 3 is 2.37 bits per heavy atom. The average molecular weight is 667 g/mol. The lowest BCUT2D eigenvalue weighted by molar-refractivity contribution is -0.132. The molecule has 0 saturated carbocycles. The van der Waals surface area contributed by atoms with Gasteiger partial charge in [-0.25, -0.2) is 13.2 Å². The van der Waals surface area contributed by atoms with E-state index in [1.165, 1.54) is 25.1 Å². The number of aromatic nitrogens is 2. The van der Waals surface area contributed by atoms with Crippen LogP contribution in [0.3, 0.4) is 0 Å². The lowest BCUT2D eigenvalue weighted by Crippen LogP contribution is -2.49. The zero-order valence-electron chi connectivity index (χ0n) is 23.3. The molecule has 1 saturated heterocycles. The molecule has 2 aromatic rings. The maximum absolute atomic E-state index is 14.2. The monoisotopic (exact) mass is 665 g/mol. The van der Waals surface area contributed by atoms with Crippen molar-refractivity contribution >= 4 is 50.1 Å². The summed E-state index contributed by atoms with van der Waals surface area (Å²) in [4.78, 5) is 44.0. The largest absolute Gasteiger partial charge is 0.412 e. The lowest BCUT2D eigenvalue weighted by Gasteiger charge is -2.35. The standard InChI is InChI=1S/C27H32Cl2F3N5O5S/c1-3-43(41,42)22-5-4-20(29)14-18(22)16-37-25(39)21(24(17(2)28)34-26(37)40)15-19(27(30,31)32)7-9-35-10-12-36(13-11-35)23(38)6-8-33/h4-5,14-15H,2-3,6-13,16,33H2,1H3,(H,34,40)/b19-15+. The predicted molar refractivity (Wildman–Crippen MR) is 160 cm³/mol. The summed E-state index contributed by atoms with van der Waals surface area (Å²) in [5.41, 5.74) is 1.26. The molecule has 3 rings (SSSR count). The number of rotatable bonds is 11. The molecule has 3 N–H and O–H groups in total. The fraction of sp³-hybridized carbons (Fsp3) is 0.444. The number of nitrogens with one attached hydrogen (secondary N) is 1. The summed E-state index contributed by atoms with van der Waals surface area (Å²) in [6, 6.07) is 3.84. The minimum absolute atomic E-state index is 0.00876. The number of amides is 1. The SMILES string of the molecule is C=C(Cl)c1[nH]c(=O)n(Cc2cc(Cl)ccc2S(=O)(=O)CC)c(=O)c1/C=C(\CCN1CCN(C(=O)CCN)CC1)C(F)(F)F. The van der Waals surface area contributed by atoms with Crippen molar-refractivity contribution in [3.63, 3.8) is 0 Å². The molecule has 43 heavy (non-hydrogen) atoms. The molecule has 2 heterocycles. The third-order valence-electron chi connectivity index (χ3n) is 7.02. The van der Waals surface area contributed by atoms with Crippen molar-refractivity contribution in [2.75, 3.05) is 45.0 Å². The van der Waals surface area contributed by atoms with Crippen LogP contribution in [0, 0.1) is 0 Å². The molecule has 1 aliphatic rings. The molecule has 236 valence electrons. The average Bonchev–Trinajstić information content (AvgIpc) is 2.93. The predicted octanol–water partition coefficient (Wildman–Crippen LogP) is 3.07. The molecule has 0 unspecified atom stereocenters. The van der Waals surface area contributed by atoms with E-state index in [-0.39, 0.29) is 51.7 Å². The highest BCUT2D eigenvalue weighted by Gasteiger charge is 2.35. The summed E-state index contributed by atoms with van der Waals surface area (Å²) in [6.45, 7) is 5.91. The van der Waals surface area contributed by atoms with Gasteiger partial charge >= 0.3 is 11.9 Å². The Hall–Kier alpha value is -2.91. The van der Waals surface area contributed by atoms with Crippen LogP contribution in [0.4, 0.5) is 13.2 Å². The van der Waals surface area contributed by atoms with Gasteiger partial charge in [-0.15, -0.1) is 0 Å². The van der Waals surface area contributed by atoms with Crippen molar-refractivity contribution in [2.24, 2.45) is 5.73 Å². The van der Waals surface area contributed by atoms with E-state index in [1.54, 1.807) is 9.80 Å². The molecule has 0 spiro atoms. The van der Waals surface area contributed by atoms with Gasteiger partial charge in [0.25, 0.3) is 5.56 Å². The number of H-pyrrole nitrogens is 1. The summed E-state index contributed by atoms with van der Waals surface area (Å²) in [7, 11) is -3.81. The molecule has 1 aromatic heterocycles. The van der Waals surface area contributed by atoms with E-state index in [2.05, 4.69) is 11.6 Å². The van der Waals surface area contributed by atoms with E-state index in [1.807, 2.05) is 0 Å². The van der Waals surface area contributed by atoms with Crippen molar-refractivity contribution in [1.82, 2.24) is 19.4 Å². The van der Waals surface area contributed by atoms with Gasteiger partial charge in [0.1, 0.15) is 0 Å². The Morgan fingerprint density at radius 2 is 1.81 bits per heavy atom. The van der Waals surface area contributed by atoms with Crippen LogP contribution in [0.25, 0.3) is 11.1 Å². The Kier molecular flexibility index (Phi) is 11.5. The van der Waals surface area contributed by atoms with E-state index >= 15 is 0 Å². The summed E-state index contributed by atoms with van der Waals surface area (Å²) in [5, 5.41) is -0.242. The number of halogens is 5. The van der Waals surface area contributed by atoms with Gasteiger partial charge in [0.2, 0.25) is 5.91 Å². The summed E-state index contributed by atoms with van der Waals surface area (Å²) in [6.07, 6.45) is -4.52. The molecule has 16 heteroatoms. The number of hydrogen-bond acceptors (Lipinski definition) is 7. The molecular weight excluding hydrogens is 634 g/mol. The fourth-order valence-electron chi connectivity index (χ4n) is 4.63. The molecular formula is C27H32Cl2F3N5O5S. The van der Waals surface area contributed by atoms with Crippen molar-refractivity contribution in [3.8, 4) is 0 Å². The van der Waals surface area contributed by atoms with Gasteiger partial charge in [0.05, 0.1) is 33.5 Å². The Bertz CT molecular complexity index is 1630. The first-order valence-electron chi connectivity index (χ1n) is 13.3. The number of nitrogens with two attached hydrogens (primary N) is 1. The van der Waals surface area contributed by atoms with Crippen molar-refractivity contribution in [3.05, 3.63) is 73.0 Å². The zero-order valence-corrected chi connectivity index (χ0v) is 25.7. The second kappa shape index (κ2) is 14.2. The quantitative estimate of drug-likeness (QED) is 0.376. The van der Waals surface area contributed by atoms with Gasteiger partial charge in [-0.3, -0.25) is 19.1 Å². The number of sulfone groups is 1. The van der Waals surface area contributed by atoms with E-state index in [0.29, 0.717) is 36.8 Å². The highest BCUT2D eigenvalue weighted by atomic mass is 35.5. The summed E-state index contributed by atoms with van der Waals surface area (Å²) >= 11 is 12.0. The first-order chi connectivity index (χ1) is 20.1. The molecule has 1 aliphatic heterocycles. The fourth-order valence-corrected chi connectivity index (χ4v) is 6.08. The number of carbonyl (C=O) groups is 1. The van der Waals surface area contributed by atoms with Gasteiger partial charge in [-0.05, 0) is 36.3 Å². The molecule has 0 aliphatic carbocycles. The number of carbonyl (C=O) groups excluding carboxylic acids is 1. The second-order valence-electron chi connectivity index (χ2n) is 9.85. The number of hydrogen-bond donors (Lipinski definition) is 2. The minimum atomic E-state index is -4.84. The van der Waals surface area contributed by atoms with Gasteiger partial charge in [-0.1, -0.05) is 36.7 Å². The van der Waals surface area contributed by atoms with Crippen LogP contribution in [0.2, 0.25) is 5.02 Å². The molecule has 1 fully saturated rings. The second-order valence-corrected chi connectivity index (χ2v) is 13.0. The van der Waals surface area contributed by atoms with Gasteiger partial charge in [-0.2, -0.15) is 13.2 Å². The number of benzene rings is 1. The molecule has 0 radical (unpaired) electrons. The van der Waals surface area contributed by atoms with Gasteiger partial charge in [0.15, 0.2) is 9.84 Å². The van der Waals surface area contributed by atoms with Crippen LogP contribution >= 0.6 is 23.2 Å². The molecule has 1 aromatic carbocycles. The Balaban J connectivity index is 2.01. The summed E-state index contributed by atoms with van der Waals surface area (Å²) < 4.78 is 68.5. The maximum Gasteiger partial charge on any atom is 0.412 e. The van der Waals surface area contributed by atoms with Crippen LogP contribution < -0.4 is 17.0 Å². The Labute approximate surface area is 256 Å². The third kappa shape index (κ3) is 8.60. The smallest absolute Gasteiger partial charge is 0.340 e. The third-order valence-corrected chi connectivity index (χ3v) is 9.28. The first-order valence-corrected chi connectivity index (χ1v) is 15.7. The zero-order chi connectivity index (χ0) is 32.1.